The van der Waals surface area contributed by atoms with E-state index in [0.29, 0.717) is 18.9 Å². The van der Waals surface area contributed by atoms with E-state index in [1.807, 2.05) is 0 Å². The van der Waals surface area contributed by atoms with Crippen molar-refractivity contribution < 1.29 is 9.53 Å². The summed E-state index contributed by atoms with van der Waals surface area (Å²) in [5.74, 6) is 0.899. The van der Waals surface area contributed by atoms with Crippen LogP contribution in [-0.2, 0) is 16.8 Å². The first-order valence-electron chi connectivity index (χ1n) is 7.82. The van der Waals surface area contributed by atoms with Gasteiger partial charge in [-0.05, 0) is 44.9 Å². The molecule has 3 nitrogen and oxygen atoms in total. The fraction of sp³-hybridized carbons (Fsp3) is 0.750. The van der Waals surface area contributed by atoms with Gasteiger partial charge in [0, 0.05) is 17.9 Å². The molecule has 2 aliphatic rings. The third-order valence-electron chi connectivity index (χ3n) is 4.54. The summed E-state index contributed by atoms with van der Waals surface area (Å²) < 4.78 is 6.18. The molecular weight excluding hydrogens is 270 g/mol. The Balaban J connectivity index is 1.97. The van der Waals surface area contributed by atoms with Crippen LogP contribution in [0.4, 0.5) is 0 Å². The summed E-state index contributed by atoms with van der Waals surface area (Å²) in [6, 6.07) is 0. The molecule has 1 heterocycles. The summed E-state index contributed by atoms with van der Waals surface area (Å²) >= 11 is 1.73. The van der Waals surface area contributed by atoms with Crippen molar-refractivity contribution in [3.8, 4) is 0 Å². The number of hydrogen-bond donors (Lipinski definition) is 0. The lowest BCUT2D eigenvalue weighted by Gasteiger charge is -2.38. The van der Waals surface area contributed by atoms with Crippen LogP contribution in [-0.4, -0.2) is 17.4 Å². The minimum absolute atomic E-state index is 0.226. The van der Waals surface area contributed by atoms with Crippen molar-refractivity contribution in [3.63, 3.8) is 0 Å². The monoisotopic (exact) mass is 293 g/mol. The van der Waals surface area contributed by atoms with Crippen LogP contribution in [0.15, 0.2) is 0 Å². The lowest BCUT2D eigenvalue weighted by Crippen LogP contribution is -2.35. The molecule has 3 rings (SSSR count). The van der Waals surface area contributed by atoms with Gasteiger partial charge in [0.05, 0.1) is 0 Å². The SMILES string of the molecule is CCOC1(c2nc3c(s2)CCCC3=O)CCCC(C)C1. The standard InChI is InChI=1S/C16H23NO2S/c1-3-19-16(9-5-6-11(2)10-16)15-17-14-12(18)7-4-8-13(14)20-15/h11H,3-10H2,1-2H3. The Morgan fingerprint density at radius 3 is 2.95 bits per heavy atom. The van der Waals surface area contributed by atoms with E-state index in [-0.39, 0.29) is 11.4 Å². The Hall–Kier alpha value is -0.740. The second-order valence-corrected chi connectivity index (χ2v) is 7.28. The molecule has 0 spiro atoms. The number of fused-ring (bicyclic) bond motifs is 1. The number of nitrogens with zero attached hydrogens (tertiary/aromatic N) is 1. The van der Waals surface area contributed by atoms with Gasteiger partial charge in [-0.15, -0.1) is 11.3 Å². The zero-order valence-electron chi connectivity index (χ0n) is 12.4. The third-order valence-corrected chi connectivity index (χ3v) is 5.84. The molecule has 2 unspecified atom stereocenters. The number of rotatable bonds is 3. The molecule has 4 heteroatoms. The number of thiazole rings is 1. The average Bonchev–Trinajstić information content (AvgIpc) is 2.85. The van der Waals surface area contributed by atoms with Crippen LogP contribution in [0.5, 0.6) is 0 Å². The number of carbonyl (C=O) groups excluding carboxylic acids is 1. The number of ether oxygens (including phenoxy) is 1. The maximum atomic E-state index is 12.0. The van der Waals surface area contributed by atoms with E-state index in [1.165, 1.54) is 17.7 Å². The molecular formula is C16H23NO2S. The number of aryl methyl sites for hydroxylation is 1. The minimum Gasteiger partial charge on any atom is -0.368 e. The van der Waals surface area contributed by atoms with E-state index < -0.39 is 0 Å². The second-order valence-electron chi connectivity index (χ2n) is 6.20. The Morgan fingerprint density at radius 2 is 2.25 bits per heavy atom. The average molecular weight is 293 g/mol. The molecule has 0 saturated heterocycles. The molecule has 1 fully saturated rings. The highest BCUT2D eigenvalue weighted by Crippen LogP contribution is 2.45. The number of carbonyl (C=O) groups is 1. The molecule has 20 heavy (non-hydrogen) atoms. The van der Waals surface area contributed by atoms with Gasteiger partial charge in [-0.25, -0.2) is 4.98 Å². The van der Waals surface area contributed by atoms with Gasteiger partial charge in [0.1, 0.15) is 16.3 Å². The summed E-state index contributed by atoms with van der Waals surface area (Å²) in [4.78, 5) is 17.9. The summed E-state index contributed by atoms with van der Waals surface area (Å²) in [6.45, 7) is 5.07. The Morgan fingerprint density at radius 1 is 1.40 bits per heavy atom. The quantitative estimate of drug-likeness (QED) is 0.842. The van der Waals surface area contributed by atoms with Crippen LogP contribution in [0, 0.1) is 5.92 Å². The van der Waals surface area contributed by atoms with Crippen molar-refractivity contribution in [1.82, 2.24) is 4.98 Å². The van der Waals surface area contributed by atoms with Crippen LogP contribution in [0.3, 0.4) is 0 Å². The lowest BCUT2D eigenvalue weighted by molar-refractivity contribution is -0.0820. The zero-order chi connectivity index (χ0) is 14.2. The zero-order valence-corrected chi connectivity index (χ0v) is 13.2. The van der Waals surface area contributed by atoms with Crippen LogP contribution in [0.25, 0.3) is 0 Å². The summed E-state index contributed by atoms with van der Waals surface area (Å²) in [7, 11) is 0. The normalized spacial score (nSPS) is 30.3. The van der Waals surface area contributed by atoms with Gasteiger partial charge < -0.3 is 4.74 Å². The van der Waals surface area contributed by atoms with E-state index in [1.54, 1.807) is 11.3 Å². The highest BCUT2D eigenvalue weighted by atomic mass is 32.1. The van der Waals surface area contributed by atoms with E-state index in [4.69, 9.17) is 9.72 Å². The molecule has 0 aromatic carbocycles. The van der Waals surface area contributed by atoms with Crippen molar-refractivity contribution in [2.24, 2.45) is 5.92 Å². The van der Waals surface area contributed by atoms with E-state index in [2.05, 4.69) is 13.8 Å². The van der Waals surface area contributed by atoms with Crippen molar-refractivity contribution in [2.75, 3.05) is 6.61 Å². The van der Waals surface area contributed by atoms with Gasteiger partial charge in [0.15, 0.2) is 5.78 Å². The van der Waals surface area contributed by atoms with Crippen molar-refractivity contribution in [1.29, 1.82) is 0 Å². The predicted molar refractivity (Wildman–Crippen MR) is 80.3 cm³/mol. The Kier molecular flexibility index (Phi) is 3.95. The van der Waals surface area contributed by atoms with Crippen LogP contribution >= 0.6 is 11.3 Å². The van der Waals surface area contributed by atoms with Crippen LogP contribution in [0.2, 0.25) is 0 Å². The number of Topliss-reactive ketones (excluding diaryl/α,β-unsaturated/α-hetero) is 1. The van der Waals surface area contributed by atoms with E-state index >= 15 is 0 Å². The molecule has 1 aromatic rings. The molecule has 2 aliphatic carbocycles. The topological polar surface area (TPSA) is 39.2 Å². The first-order chi connectivity index (χ1) is 9.64. The summed E-state index contributed by atoms with van der Waals surface area (Å²) in [5.41, 5.74) is 0.517. The number of hydrogen-bond acceptors (Lipinski definition) is 4. The van der Waals surface area contributed by atoms with Crippen LogP contribution < -0.4 is 0 Å². The maximum absolute atomic E-state index is 12.0. The molecule has 0 aliphatic heterocycles. The summed E-state index contributed by atoms with van der Waals surface area (Å²) in [5, 5.41) is 1.06. The smallest absolute Gasteiger partial charge is 0.182 e. The fourth-order valence-electron chi connectivity index (χ4n) is 3.63. The van der Waals surface area contributed by atoms with Gasteiger partial charge in [0.2, 0.25) is 0 Å². The number of ketones is 1. The van der Waals surface area contributed by atoms with Gasteiger partial charge in [-0.1, -0.05) is 13.3 Å². The molecule has 1 aromatic heterocycles. The molecule has 0 N–H and O–H groups in total. The first-order valence-corrected chi connectivity index (χ1v) is 8.63. The minimum atomic E-state index is -0.227. The maximum Gasteiger partial charge on any atom is 0.182 e. The Labute approximate surface area is 124 Å². The second kappa shape index (κ2) is 5.57. The van der Waals surface area contributed by atoms with Crippen molar-refractivity contribution in [3.05, 3.63) is 15.6 Å². The van der Waals surface area contributed by atoms with Gasteiger partial charge in [-0.3, -0.25) is 4.79 Å². The molecule has 2 atom stereocenters. The first kappa shape index (κ1) is 14.2. The molecule has 0 bridgehead atoms. The van der Waals surface area contributed by atoms with E-state index in [0.717, 1.165) is 36.4 Å². The molecule has 110 valence electrons. The molecule has 1 saturated carbocycles. The number of aromatic nitrogens is 1. The Bertz CT molecular complexity index is 507. The largest absolute Gasteiger partial charge is 0.368 e. The van der Waals surface area contributed by atoms with E-state index in [9.17, 15) is 4.79 Å². The van der Waals surface area contributed by atoms with Gasteiger partial charge in [0.25, 0.3) is 0 Å². The fourth-order valence-corrected chi connectivity index (χ4v) is 4.93. The molecule has 0 amide bonds. The lowest BCUT2D eigenvalue weighted by atomic mass is 9.79. The highest BCUT2D eigenvalue weighted by Gasteiger charge is 2.41. The van der Waals surface area contributed by atoms with Gasteiger partial charge in [-0.2, -0.15) is 0 Å². The molecule has 0 radical (unpaired) electrons. The predicted octanol–water partition coefficient (Wildman–Crippen LogP) is 4.10. The summed E-state index contributed by atoms with van der Waals surface area (Å²) in [6.07, 6.45) is 7.21. The van der Waals surface area contributed by atoms with Crippen LogP contribution in [0.1, 0.15) is 72.7 Å². The van der Waals surface area contributed by atoms with Gasteiger partial charge >= 0.3 is 0 Å². The third kappa shape index (κ3) is 2.44. The van der Waals surface area contributed by atoms with Crippen molar-refractivity contribution >= 4 is 17.1 Å². The van der Waals surface area contributed by atoms with Crippen molar-refractivity contribution in [2.45, 2.75) is 64.4 Å². The highest BCUT2D eigenvalue weighted by molar-refractivity contribution is 7.12.